The number of carbonyl (C=O) groups is 2. The van der Waals surface area contributed by atoms with Gasteiger partial charge >= 0.3 is 6.03 Å². The summed E-state index contributed by atoms with van der Waals surface area (Å²) in [6, 6.07) is 0.0797. The first-order valence-corrected chi connectivity index (χ1v) is 9.64. The zero-order valence-electron chi connectivity index (χ0n) is 14.8. The van der Waals surface area contributed by atoms with Crippen LogP contribution in [0.1, 0.15) is 58.3 Å². The lowest BCUT2D eigenvalue weighted by Gasteiger charge is -2.24. The largest absolute Gasteiger partial charge is 0.376 e. The summed E-state index contributed by atoms with van der Waals surface area (Å²) in [5, 5.41) is 6.13. The molecule has 0 radical (unpaired) electrons. The van der Waals surface area contributed by atoms with Crippen LogP contribution in [0.3, 0.4) is 0 Å². The van der Waals surface area contributed by atoms with Crippen LogP contribution >= 0.6 is 0 Å². The fourth-order valence-electron chi connectivity index (χ4n) is 4.31. The van der Waals surface area contributed by atoms with Gasteiger partial charge in [-0.1, -0.05) is 6.92 Å². The lowest BCUT2D eigenvalue weighted by atomic mass is 10.1. The van der Waals surface area contributed by atoms with E-state index in [-0.39, 0.29) is 30.1 Å². The van der Waals surface area contributed by atoms with Gasteiger partial charge in [-0.15, -0.1) is 0 Å². The minimum absolute atomic E-state index is 0.0796. The molecule has 0 bridgehead atoms. The maximum Gasteiger partial charge on any atom is 0.315 e. The van der Waals surface area contributed by atoms with Crippen LogP contribution in [0.25, 0.3) is 0 Å². The number of urea groups is 1. The molecule has 6 nitrogen and oxygen atoms in total. The van der Waals surface area contributed by atoms with Crippen LogP contribution in [-0.4, -0.2) is 54.7 Å². The van der Waals surface area contributed by atoms with Gasteiger partial charge in [0.1, 0.15) is 0 Å². The van der Waals surface area contributed by atoms with Crippen LogP contribution in [0, 0.1) is 5.92 Å². The number of hydrogen-bond acceptors (Lipinski definition) is 3. The molecule has 3 rings (SSSR count). The summed E-state index contributed by atoms with van der Waals surface area (Å²) < 4.78 is 5.69. The number of nitrogens with one attached hydrogen (secondary N) is 2. The van der Waals surface area contributed by atoms with Gasteiger partial charge in [0.25, 0.3) is 0 Å². The Labute approximate surface area is 144 Å². The van der Waals surface area contributed by atoms with Gasteiger partial charge in [-0.05, 0) is 51.4 Å². The molecule has 3 amide bonds. The van der Waals surface area contributed by atoms with Gasteiger partial charge in [0, 0.05) is 31.7 Å². The first-order chi connectivity index (χ1) is 11.7. The third-order valence-corrected chi connectivity index (χ3v) is 5.70. The first kappa shape index (κ1) is 17.5. The summed E-state index contributed by atoms with van der Waals surface area (Å²) in [5.74, 6) is 0.386. The third kappa shape index (κ3) is 4.21. The molecule has 2 saturated heterocycles. The Morgan fingerprint density at radius 2 is 1.96 bits per heavy atom. The Balaban J connectivity index is 1.42. The average molecular weight is 337 g/mol. The molecule has 2 N–H and O–H groups in total. The number of amides is 3. The molecule has 0 aromatic heterocycles. The molecule has 2 aliphatic heterocycles. The molecule has 6 heteroatoms. The van der Waals surface area contributed by atoms with Crippen molar-refractivity contribution in [3.8, 4) is 0 Å². The zero-order valence-corrected chi connectivity index (χ0v) is 14.8. The lowest BCUT2D eigenvalue weighted by Crippen LogP contribution is -2.49. The van der Waals surface area contributed by atoms with E-state index in [0.717, 1.165) is 71.1 Å². The second-order valence-electron chi connectivity index (χ2n) is 7.42. The molecule has 0 spiro atoms. The van der Waals surface area contributed by atoms with E-state index in [4.69, 9.17) is 4.74 Å². The summed E-state index contributed by atoms with van der Waals surface area (Å²) in [5.41, 5.74) is 0. The van der Waals surface area contributed by atoms with E-state index < -0.39 is 0 Å². The lowest BCUT2D eigenvalue weighted by molar-refractivity contribution is -0.134. The molecule has 4 atom stereocenters. The quantitative estimate of drug-likeness (QED) is 0.806. The summed E-state index contributed by atoms with van der Waals surface area (Å²) in [6.07, 6.45) is 7.94. The van der Waals surface area contributed by atoms with Crippen molar-refractivity contribution in [3.05, 3.63) is 0 Å². The third-order valence-electron chi connectivity index (χ3n) is 5.70. The molecule has 136 valence electrons. The molecule has 24 heavy (non-hydrogen) atoms. The van der Waals surface area contributed by atoms with Gasteiger partial charge < -0.3 is 20.3 Å². The maximum absolute atomic E-state index is 12.5. The summed E-state index contributed by atoms with van der Waals surface area (Å²) in [4.78, 5) is 26.7. The van der Waals surface area contributed by atoms with Crippen molar-refractivity contribution < 1.29 is 14.3 Å². The molecule has 0 aromatic carbocycles. The molecular formula is C18H31N3O3. The summed E-state index contributed by atoms with van der Waals surface area (Å²) in [7, 11) is 0. The summed E-state index contributed by atoms with van der Waals surface area (Å²) in [6.45, 7) is 4.70. The van der Waals surface area contributed by atoms with Crippen molar-refractivity contribution in [2.45, 2.75) is 76.5 Å². The highest BCUT2D eigenvalue weighted by atomic mass is 16.5. The molecule has 3 aliphatic rings. The normalized spacial score (nSPS) is 31.2. The Kier molecular flexibility index (Phi) is 5.98. The van der Waals surface area contributed by atoms with Crippen LogP contribution in [0.15, 0.2) is 0 Å². The first-order valence-electron chi connectivity index (χ1n) is 9.64. The standard InChI is InChI=1S/C18H31N3O3/c1-2-15(16-6-5-11-24-16)20-18(23)19-14-8-7-13(12-14)17(22)21-9-3-4-10-21/h13-16H,2-12H2,1H3,(H2,19,20,23)/t13-,14+,15+,16+/m1/s1. The zero-order chi connectivity index (χ0) is 16.9. The second-order valence-corrected chi connectivity index (χ2v) is 7.42. The smallest absolute Gasteiger partial charge is 0.315 e. The van der Waals surface area contributed by atoms with Gasteiger partial charge in [0.05, 0.1) is 12.1 Å². The molecule has 0 aromatic rings. The average Bonchev–Trinajstić information content (AvgIpc) is 3.33. The van der Waals surface area contributed by atoms with Crippen molar-refractivity contribution >= 4 is 11.9 Å². The molecular weight excluding hydrogens is 306 g/mol. The van der Waals surface area contributed by atoms with Crippen molar-refractivity contribution in [1.82, 2.24) is 15.5 Å². The molecule has 0 unspecified atom stereocenters. The van der Waals surface area contributed by atoms with Crippen LogP contribution < -0.4 is 10.6 Å². The van der Waals surface area contributed by atoms with Gasteiger partial charge in [-0.3, -0.25) is 4.79 Å². The number of ether oxygens (including phenoxy) is 1. The topological polar surface area (TPSA) is 70.7 Å². The van der Waals surface area contributed by atoms with Crippen LogP contribution in [-0.2, 0) is 9.53 Å². The highest BCUT2D eigenvalue weighted by Crippen LogP contribution is 2.28. The fourth-order valence-corrected chi connectivity index (χ4v) is 4.31. The monoisotopic (exact) mass is 337 g/mol. The summed E-state index contributed by atoms with van der Waals surface area (Å²) >= 11 is 0. The number of hydrogen-bond donors (Lipinski definition) is 2. The van der Waals surface area contributed by atoms with E-state index in [1.54, 1.807) is 0 Å². The number of nitrogens with zero attached hydrogens (tertiary/aromatic N) is 1. The van der Waals surface area contributed by atoms with Crippen LogP contribution in [0.4, 0.5) is 4.79 Å². The Bertz CT molecular complexity index is 445. The SMILES string of the molecule is CC[C@H](NC(=O)N[C@H]1CC[C@@H](C(=O)N2CCCC2)C1)[C@@H]1CCCO1. The number of likely N-dealkylation sites (tertiary alicyclic amines) is 1. The Morgan fingerprint density at radius 1 is 1.17 bits per heavy atom. The van der Waals surface area contributed by atoms with E-state index in [0.29, 0.717) is 5.91 Å². The molecule has 1 aliphatic carbocycles. The molecule has 1 saturated carbocycles. The number of carbonyl (C=O) groups excluding carboxylic acids is 2. The van der Waals surface area contributed by atoms with Gasteiger partial charge in [-0.25, -0.2) is 4.79 Å². The van der Waals surface area contributed by atoms with E-state index in [9.17, 15) is 9.59 Å². The Hall–Kier alpha value is -1.30. The second kappa shape index (κ2) is 8.19. The number of rotatable bonds is 5. The van der Waals surface area contributed by atoms with Crippen molar-refractivity contribution in [2.24, 2.45) is 5.92 Å². The maximum atomic E-state index is 12.5. The highest BCUT2D eigenvalue weighted by molar-refractivity contribution is 5.80. The molecule has 3 fully saturated rings. The highest BCUT2D eigenvalue weighted by Gasteiger charge is 2.34. The van der Waals surface area contributed by atoms with Crippen molar-refractivity contribution in [2.75, 3.05) is 19.7 Å². The van der Waals surface area contributed by atoms with Crippen LogP contribution in [0.5, 0.6) is 0 Å². The molecule has 2 heterocycles. The van der Waals surface area contributed by atoms with E-state index in [1.165, 1.54) is 0 Å². The van der Waals surface area contributed by atoms with Crippen molar-refractivity contribution in [1.29, 1.82) is 0 Å². The fraction of sp³-hybridized carbons (Fsp3) is 0.889. The van der Waals surface area contributed by atoms with Crippen molar-refractivity contribution in [3.63, 3.8) is 0 Å². The predicted octanol–water partition coefficient (Wildman–Crippen LogP) is 2.03. The predicted molar refractivity (Wildman–Crippen MR) is 91.7 cm³/mol. The minimum Gasteiger partial charge on any atom is -0.376 e. The van der Waals surface area contributed by atoms with Gasteiger partial charge in [-0.2, -0.15) is 0 Å². The van der Waals surface area contributed by atoms with Gasteiger partial charge in [0.15, 0.2) is 0 Å². The van der Waals surface area contributed by atoms with E-state index >= 15 is 0 Å². The van der Waals surface area contributed by atoms with Gasteiger partial charge in [0.2, 0.25) is 5.91 Å². The minimum atomic E-state index is -0.114. The van der Waals surface area contributed by atoms with Crippen LogP contribution in [0.2, 0.25) is 0 Å². The van der Waals surface area contributed by atoms with E-state index in [1.807, 2.05) is 4.90 Å². The Morgan fingerprint density at radius 3 is 2.62 bits per heavy atom. The van der Waals surface area contributed by atoms with E-state index in [2.05, 4.69) is 17.6 Å².